The average molecular weight is 202 g/mol. The fourth-order valence-corrected chi connectivity index (χ4v) is 1.24. The third-order valence-corrected chi connectivity index (χ3v) is 2.04. The number of benzene rings is 1. The Kier molecular flexibility index (Phi) is 2.49. The van der Waals surface area contributed by atoms with Crippen molar-refractivity contribution in [3.05, 3.63) is 41.6 Å². The quantitative estimate of drug-likeness (QED) is 0.675. The standard InChI is InChI=1S/C11H10N2O2/c1-13-10(11(14)15-12-13)8-7-9-5-3-2-4-6-9/h2-8H,1H3/b8-7+. The van der Waals surface area contributed by atoms with E-state index in [-0.39, 0.29) is 0 Å². The van der Waals surface area contributed by atoms with E-state index in [4.69, 9.17) is 0 Å². The van der Waals surface area contributed by atoms with Crippen LogP contribution in [0, 0.1) is 0 Å². The Morgan fingerprint density at radius 1 is 1.27 bits per heavy atom. The molecular weight excluding hydrogens is 192 g/mol. The summed E-state index contributed by atoms with van der Waals surface area (Å²) in [5.74, 6) is -0.426. The first-order chi connectivity index (χ1) is 7.27. The predicted molar refractivity (Wildman–Crippen MR) is 52.5 cm³/mol. The molecule has 0 aliphatic rings. The van der Waals surface area contributed by atoms with Crippen LogP contribution in [0.25, 0.3) is 12.2 Å². The van der Waals surface area contributed by atoms with Gasteiger partial charge in [-0.2, -0.15) is 0 Å². The molecule has 1 heterocycles. The summed E-state index contributed by atoms with van der Waals surface area (Å²) in [5.41, 5.74) is 1.46. The molecule has 15 heavy (non-hydrogen) atoms. The maximum atomic E-state index is 11.2. The van der Waals surface area contributed by atoms with E-state index in [0.717, 1.165) is 5.56 Å². The van der Waals surface area contributed by atoms with Crippen molar-refractivity contribution in [2.24, 2.45) is 7.05 Å². The topological polar surface area (TPSA) is 53.0 Å². The first-order valence-corrected chi connectivity index (χ1v) is 4.53. The molecule has 0 saturated carbocycles. The average Bonchev–Trinajstić information content (AvgIpc) is 2.58. The molecule has 0 aliphatic heterocycles. The summed E-state index contributed by atoms with van der Waals surface area (Å²) < 4.78 is 5.89. The number of aryl methyl sites for hydroxylation is 1. The number of rotatable bonds is 2. The predicted octanol–water partition coefficient (Wildman–Crippen LogP) is 0.743. The van der Waals surface area contributed by atoms with E-state index in [1.54, 1.807) is 13.1 Å². The molecule has 0 bridgehead atoms. The molecule has 0 atom stereocenters. The van der Waals surface area contributed by atoms with Crippen molar-refractivity contribution in [1.82, 2.24) is 5.27 Å². The summed E-state index contributed by atoms with van der Waals surface area (Å²) in [6.45, 7) is 0. The zero-order valence-electron chi connectivity index (χ0n) is 8.25. The maximum absolute atomic E-state index is 11.2. The number of hydrogen-bond donors (Lipinski definition) is 0. The first-order valence-electron chi connectivity index (χ1n) is 4.53. The lowest BCUT2D eigenvalue weighted by Gasteiger charge is -1.90. The van der Waals surface area contributed by atoms with Crippen LogP contribution in [0.3, 0.4) is 0 Å². The highest BCUT2D eigenvalue weighted by atomic mass is 16.6. The Labute approximate surface area is 87.1 Å². The molecule has 1 aromatic heterocycles. The summed E-state index contributed by atoms with van der Waals surface area (Å²) >= 11 is 0. The summed E-state index contributed by atoms with van der Waals surface area (Å²) in [6.07, 6.45) is 3.53. The van der Waals surface area contributed by atoms with E-state index in [2.05, 4.69) is 9.79 Å². The molecule has 76 valence electrons. The summed E-state index contributed by atoms with van der Waals surface area (Å²) in [7, 11) is 1.66. The number of nitrogens with zero attached hydrogens (tertiary/aromatic N) is 2. The van der Waals surface area contributed by atoms with Crippen LogP contribution in [0.5, 0.6) is 5.95 Å². The Balaban J connectivity index is 2.26. The van der Waals surface area contributed by atoms with E-state index in [0.29, 0.717) is 5.69 Å². The van der Waals surface area contributed by atoms with Gasteiger partial charge in [0.1, 0.15) is 0 Å². The molecule has 0 saturated heterocycles. The molecule has 0 spiro atoms. The van der Waals surface area contributed by atoms with Crippen LogP contribution < -0.4 is 9.79 Å². The van der Waals surface area contributed by atoms with Gasteiger partial charge in [0, 0.05) is 6.08 Å². The number of hydrogen-bond acceptors (Lipinski definition) is 3. The van der Waals surface area contributed by atoms with Gasteiger partial charge in [-0.05, 0) is 11.6 Å². The SMILES string of the molecule is C[n+]1noc([O-])c1/C=C/c1ccccc1. The first kappa shape index (κ1) is 9.45. The lowest BCUT2D eigenvalue weighted by atomic mass is 10.2. The summed E-state index contributed by atoms with van der Waals surface area (Å²) in [4.78, 5) is 0. The Morgan fingerprint density at radius 3 is 2.60 bits per heavy atom. The van der Waals surface area contributed by atoms with E-state index in [1.165, 1.54) is 4.68 Å². The van der Waals surface area contributed by atoms with Gasteiger partial charge in [0.05, 0.1) is 5.27 Å². The molecule has 0 N–H and O–H groups in total. The fourth-order valence-electron chi connectivity index (χ4n) is 1.24. The minimum Gasteiger partial charge on any atom is -0.539 e. The molecule has 0 aliphatic carbocycles. The van der Waals surface area contributed by atoms with E-state index in [1.807, 2.05) is 36.4 Å². The van der Waals surface area contributed by atoms with Crippen LogP contribution in [0.15, 0.2) is 34.9 Å². The number of aromatic nitrogens is 2. The zero-order chi connectivity index (χ0) is 10.7. The monoisotopic (exact) mass is 202 g/mol. The fraction of sp³-hybridized carbons (Fsp3) is 0.0909. The Bertz CT molecular complexity index is 455. The van der Waals surface area contributed by atoms with E-state index < -0.39 is 5.95 Å². The van der Waals surface area contributed by atoms with Crippen molar-refractivity contribution in [2.45, 2.75) is 0 Å². The normalized spacial score (nSPS) is 11.0. The second kappa shape index (κ2) is 3.96. The van der Waals surface area contributed by atoms with E-state index in [9.17, 15) is 5.11 Å². The van der Waals surface area contributed by atoms with Crippen molar-refractivity contribution < 1.29 is 14.3 Å². The maximum Gasteiger partial charge on any atom is 0.256 e. The van der Waals surface area contributed by atoms with Crippen LogP contribution >= 0.6 is 0 Å². The lowest BCUT2D eigenvalue weighted by molar-refractivity contribution is -0.741. The second-order valence-corrected chi connectivity index (χ2v) is 3.11. The second-order valence-electron chi connectivity index (χ2n) is 3.11. The van der Waals surface area contributed by atoms with Gasteiger partial charge in [-0.3, -0.25) is 0 Å². The summed E-state index contributed by atoms with van der Waals surface area (Å²) in [6, 6.07) is 9.72. The Hall–Kier alpha value is -2.10. The van der Waals surface area contributed by atoms with Crippen LogP contribution in [-0.2, 0) is 7.05 Å². The highest BCUT2D eigenvalue weighted by molar-refractivity contribution is 5.67. The minimum atomic E-state index is -0.426. The Morgan fingerprint density at radius 2 is 2.00 bits per heavy atom. The molecule has 4 heteroatoms. The van der Waals surface area contributed by atoms with Gasteiger partial charge in [-0.15, -0.1) is 0 Å². The van der Waals surface area contributed by atoms with Crippen LogP contribution in [0.1, 0.15) is 11.3 Å². The molecule has 2 aromatic rings. The third-order valence-electron chi connectivity index (χ3n) is 2.04. The molecule has 4 nitrogen and oxygen atoms in total. The van der Waals surface area contributed by atoms with Crippen molar-refractivity contribution >= 4 is 12.2 Å². The highest BCUT2D eigenvalue weighted by Gasteiger charge is 2.07. The molecule has 0 amide bonds. The van der Waals surface area contributed by atoms with Gasteiger partial charge >= 0.3 is 0 Å². The molecule has 2 rings (SSSR count). The van der Waals surface area contributed by atoms with Gasteiger partial charge in [0.15, 0.2) is 13.0 Å². The molecular formula is C11H10N2O2. The van der Waals surface area contributed by atoms with Crippen molar-refractivity contribution in [2.75, 3.05) is 0 Å². The largest absolute Gasteiger partial charge is 0.539 e. The van der Waals surface area contributed by atoms with Gasteiger partial charge in [0.25, 0.3) is 5.69 Å². The third kappa shape index (κ3) is 2.04. The van der Waals surface area contributed by atoms with Gasteiger partial charge in [-0.25, -0.2) is 0 Å². The zero-order valence-corrected chi connectivity index (χ0v) is 8.25. The molecule has 0 unspecified atom stereocenters. The minimum absolute atomic E-state index is 0.426. The van der Waals surface area contributed by atoms with Crippen molar-refractivity contribution in [3.8, 4) is 5.95 Å². The van der Waals surface area contributed by atoms with Crippen molar-refractivity contribution in [1.29, 1.82) is 0 Å². The van der Waals surface area contributed by atoms with Gasteiger partial charge in [-0.1, -0.05) is 35.0 Å². The van der Waals surface area contributed by atoms with Crippen molar-refractivity contribution in [3.63, 3.8) is 0 Å². The highest BCUT2D eigenvalue weighted by Crippen LogP contribution is 2.11. The summed E-state index contributed by atoms with van der Waals surface area (Å²) in [5, 5.41) is 14.7. The van der Waals surface area contributed by atoms with Gasteiger partial charge in [0.2, 0.25) is 0 Å². The molecule has 1 aromatic carbocycles. The lowest BCUT2D eigenvalue weighted by Crippen LogP contribution is -2.32. The van der Waals surface area contributed by atoms with Crippen LogP contribution in [0.4, 0.5) is 0 Å². The van der Waals surface area contributed by atoms with Crippen LogP contribution in [0.2, 0.25) is 0 Å². The van der Waals surface area contributed by atoms with Crippen LogP contribution in [-0.4, -0.2) is 5.27 Å². The smallest absolute Gasteiger partial charge is 0.256 e. The van der Waals surface area contributed by atoms with Gasteiger partial charge < -0.3 is 9.63 Å². The molecule has 0 radical (unpaired) electrons. The molecule has 0 fully saturated rings. The van der Waals surface area contributed by atoms with E-state index >= 15 is 0 Å².